The minimum absolute atomic E-state index is 0.0260. The van der Waals surface area contributed by atoms with Crippen molar-refractivity contribution in [2.45, 2.75) is 57.5 Å². The highest BCUT2D eigenvalue weighted by atomic mass is 16.2. The second-order valence-corrected chi connectivity index (χ2v) is 7.84. The van der Waals surface area contributed by atoms with E-state index in [0.29, 0.717) is 12.4 Å². The minimum Gasteiger partial charge on any atom is -0.350 e. The van der Waals surface area contributed by atoms with Crippen molar-refractivity contribution in [1.29, 1.82) is 0 Å². The number of rotatable bonds is 9. The van der Waals surface area contributed by atoms with Gasteiger partial charge in [0.1, 0.15) is 5.82 Å². The molecule has 0 spiro atoms. The molecule has 1 saturated carbocycles. The Bertz CT molecular complexity index is 852. The second kappa shape index (κ2) is 11.8. The maximum Gasteiger partial charge on any atom is 0.239 e. The van der Waals surface area contributed by atoms with Gasteiger partial charge in [-0.25, -0.2) is 4.98 Å². The molecule has 1 aliphatic rings. The molecule has 1 aromatic heterocycles. The molecule has 0 saturated heterocycles. The van der Waals surface area contributed by atoms with Crippen LogP contribution in [0.3, 0.4) is 0 Å². The van der Waals surface area contributed by atoms with Crippen LogP contribution in [-0.2, 0) is 20.9 Å². The molecule has 7 nitrogen and oxygen atoms in total. The van der Waals surface area contributed by atoms with Crippen molar-refractivity contribution >= 4 is 23.5 Å². The first-order valence-corrected chi connectivity index (χ1v) is 10.9. The number of anilines is 1. The van der Waals surface area contributed by atoms with E-state index in [0.717, 1.165) is 37.7 Å². The Morgan fingerprint density at radius 2 is 1.65 bits per heavy atom. The lowest BCUT2D eigenvalue weighted by atomic mass is 9.94. The van der Waals surface area contributed by atoms with Gasteiger partial charge in [0.15, 0.2) is 0 Å². The summed E-state index contributed by atoms with van der Waals surface area (Å²) < 4.78 is 0. The zero-order valence-corrected chi connectivity index (χ0v) is 17.8. The summed E-state index contributed by atoms with van der Waals surface area (Å²) in [6, 6.07) is 15.0. The Hall–Kier alpha value is -3.22. The number of hydrogen-bond acceptors (Lipinski definition) is 4. The highest BCUT2D eigenvalue weighted by Crippen LogP contribution is 2.23. The molecule has 31 heavy (non-hydrogen) atoms. The molecule has 2 aromatic rings. The molecule has 0 bridgehead atoms. The van der Waals surface area contributed by atoms with Crippen molar-refractivity contribution in [1.82, 2.24) is 15.2 Å². The van der Waals surface area contributed by atoms with Gasteiger partial charge in [-0.3, -0.25) is 14.4 Å². The smallest absolute Gasteiger partial charge is 0.239 e. The fraction of sp³-hybridized carbons (Fsp3) is 0.417. The molecule has 2 N–H and O–H groups in total. The summed E-state index contributed by atoms with van der Waals surface area (Å²) in [6.07, 6.45) is 6.80. The normalized spacial score (nSPS) is 13.9. The van der Waals surface area contributed by atoms with Gasteiger partial charge >= 0.3 is 0 Å². The summed E-state index contributed by atoms with van der Waals surface area (Å²) >= 11 is 0. The van der Waals surface area contributed by atoms with Gasteiger partial charge in [0.05, 0.1) is 6.54 Å². The Kier molecular flexibility index (Phi) is 8.58. The monoisotopic (exact) mass is 422 g/mol. The molecule has 0 atom stereocenters. The maximum atomic E-state index is 13.0. The molecule has 0 aliphatic heterocycles. The topological polar surface area (TPSA) is 91.4 Å². The van der Waals surface area contributed by atoms with Crippen LogP contribution in [0.2, 0.25) is 0 Å². The van der Waals surface area contributed by atoms with Gasteiger partial charge in [0.25, 0.3) is 0 Å². The summed E-state index contributed by atoms with van der Waals surface area (Å²) in [4.78, 5) is 43.4. The number of amides is 3. The molecule has 1 aliphatic carbocycles. The van der Waals surface area contributed by atoms with E-state index in [4.69, 9.17) is 0 Å². The van der Waals surface area contributed by atoms with Gasteiger partial charge in [-0.15, -0.1) is 0 Å². The standard InChI is InChI=1S/C24H30N4O3/c29-22(27-21-13-7-8-16-25-21)14-15-24(31)28(20-11-5-2-6-12-20)18-23(30)26-17-19-9-3-1-4-10-19/h1,3-4,7-10,13,16,20H,2,5-6,11-12,14-15,17-18H2,(H,26,30)(H,25,27,29). The van der Waals surface area contributed by atoms with Crippen LogP contribution in [0.4, 0.5) is 5.82 Å². The van der Waals surface area contributed by atoms with Crippen LogP contribution in [0, 0.1) is 0 Å². The van der Waals surface area contributed by atoms with E-state index in [9.17, 15) is 14.4 Å². The van der Waals surface area contributed by atoms with Crippen molar-refractivity contribution in [3.05, 3.63) is 60.3 Å². The SMILES string of the molecule is O=C(CN(C(=O)CCC(=O)Nc1ccccn1)C1CCCCC1)NCc1ccccc1. The third-order valence-electron chi connectivity index (χ3n) is 5.48. The molecule has 3 amide bonds. The largest absolute Gasteiger partial charge is 0.350 e. The first-order valence-electron chi connectivity index (χ1n) is 10.9. The molecule has 0 unspecified atom stereocenters. The van der Waals surface area contributed by atoms with Crippen LogP contribution < -0.4 is 10.6 Å². The number of nitrogens with one attached hydrogen (secondary N) is 2. The predicted octanol–water partition coefficient (Wildman–Crippen LogP) is 3.28. The number of aromatic nitrogens is 1. The second-order valence-electron chi connectivity index (χ2n) is 7.84. The van der Waals surface area contributed by atoms with Crippen LogP contribution in [-0.4, -0.2) is 40.2 Å². The summed E-state index contributed by atoms with van der Waals surface area (Å²) in [5, 5.41) is 5.60. The quantitative estimate of drug-likeness (QED) is 0.649. The van der Waals surface area contributed by atoms with Crippen LogP contribution >= 0.6 is 0 Å². The van der Waals surface area contributed by atoms with E-state index in [-0.39, 0.29) is 43.1 Å². The fourth-order valence-electron chi connectivity index (χ4n) is 3.83. The van der Waals surface area contributed by atoms with E-state index in [1.807, 2.05) is 30.3 Å². The van der Waals surface area contributed by atoms with Crippen molar-refractivity contribution in [3.63, 3.8) is 0 Å². The first kappa shape index (κ1) is 22.5. The van der Waals surface area contributed by atoms with Crippen molar-refractivity contribution in [2.24, 2.45) is 0 Å². The average Bonchev–Trinajstić information content (AvgIpc) is 2.81. The molecule has 1 heterocycles. The predicted molar refractivity (Wildman–Crippen MR) is 119 cm³/mol. The molecular formula is C24H30N4O3. The number of carbonyl (C=O) groups excluding carboxylic acids is 3. The number of benzene rings is 1. The molecule has 3 rings (SSSR count). The zero-order valence-electron chi connectivity index (χ0n) is 17.8. The van der Waals surface area contributed by atoms with E-state index >= 15 is 0 Å². The van der Waals surface area contributed by atoms with Crippen LogP contribution in [0.15, 0.2) is 54.7 Å². The van der Waals surface area contributed by atoms with E-state index in [1.165, 1.54) is 0 Å². The lowest BCUT2D eigenvalue weighted by Gasteiger charge is -2.34. The Morgan fingerprint density at radius 1 is 0.903 bits per heavy atom. The minimum atomic E-state index is -0.260. The van der Waals surface area contributed by atoms with Crippen molar-refractivity contribution in [3.8, 4) is 0 Å². The van der Waals surface area contributed by atoms with Crippen LogP contribution in [0.25, 0.3) is 0 Å². The van der Waals surface area contributed by atoms with Gasteiger partial charge in [-0.1, -0.05) is 55.7 Å². The number of hydrogen-bond donors (Lipinski definition) is 2. The molecule has 164 valence electrons. The Balaban J connectivity index is 1.53. The summed E-state index contributed by atoms with van der Waals surface area (Å²) in [6.45, 7) is 0.455. The van der Waals surface area contributed by atoms with Gasteiger partial charge in [0.2, 0.25) is 17.7 Å². The number of pyridine rings is 1. The van der Waals surface area contributed by atoms with Crippen molar-refractivity contribution in [2.75, 3.05) is 11.9 Å². The Morgan fingerprint density at radius 3 is 2.35 bits per heavy atom. The van der Waals surface area contributed by atoms with E-state index < -0.39 is 0 Å². The van der Waals surface area contributed by atoms with Gasteiger partial charge in [-0.05, 0) is 30.5 Å². The van der Waals surface area contributed by atoms with E-state index in [2.05, 4.69) is 15.6 Å². The first-order chi connectivity index (χ1) is 15.1. The van der Waals surface area contributed by atoms with Crippen LogP contribution in [0.1, 0.15) is 50.5 Å². The highest BCUT2D eigenvalue weighted by molar-refractivity contribution is 5.93. The third kappa shape index (κ3) is 7.51. The number of nitrogens with zero attached hydrogens (tertiary/aromatic N) is 2. The summed E-state index contributed by atoms with van der Waals surface area (Å²) in [5.74, 6) is -0.132. The summed E-state index contributed by atoms with van der Waals surface area (Å²) in [7, 11) is 0. The third-order valence-corrected chi connectivity index (χ3v) is 5.48. The lowest BCUT2D eigenvalue weighted by Crippen LogP contribution is -2.47. The van der Waals surface area contributed by atoms with Gasteiger partial charge in [0, 0.05) is 31.6 Å². The van der Waals surface area contributed by atoms with Crippen molar-refractivity contribution < 1.29 is 14.4 Å². The average molecular weight is 423 g/mol. The summed E-state index contributed by atoms with van der Waals surface area (Å²) in [5.41, 5.74) is 1.01. The lowest BCUT2D eigenvalue weighted by molar-refractivity contribution is -0.139. The van der Waals surface area contributed by atoms with Gasteiger partial charge < -0.3 is 15.5 Å². The molecule has 0 radical (unpaired) electrons. The number of carbonyl (C=O) groups is 3. The maximum absolute atomic E-state index is 13.0. The van der Waals surface area contributed by atoms with Crippen LogP contribution in [0.5, 0.6) is 0 Å². The Labute approximate surface area is 183 Å². The molecule has 7 heteroatoms. The zero-order chi connectivity index (χ0) is 21.9. The fourth-order valence-corrected chi connectivity index (χ4v) is 3.83. The highest BCUT2D eigenvalue weighted by Gasteiger charge is 2.27. The van der Waals surface area contributed by atoms with Gasteiger partial charge in [-0.2, -0.15) is 0 Å². The molecule has 1 fully saturated rings. The molecule has 1 aromatic carbocycles. The molecular weight excluding hydrogens is 392 g/mol. The van der Waals surface area contributed by atoms with E-state index in [1.54, 1.807) is 29.3 Å².